The second-order valence-corrected chi connectivity index (χ2v) is 4.84. The molecule has 0 atom stereocenters. The van der Waals surface area contributed by atoms with Crippen molar-refractivity contribution in [3.63, 3.8) is 0 Å². The van der Waals surface area contributed by atoms with Gasteiger partial charge in [0.05, 0.1) is 18.7 Å². The minimum Gasteiger partial charge on any atom is -0.497 e. The van der Waals surface area contributed by atoms with Crippen molar-refractivity contribution in [3.05, 3.63) is 65.2 Å². The van der Waals surface area contributed by atoms with Crippen molar-refractivity contribution in [3.8, 4) is 11.8 Å². The summed E-state index contributed by atoms with van der Waals surface area (Å²) < 4.78 is 10.1. The van der Waals surface area contributed by atoms with Crippen molar-refractivity contribution in [1.29, 1.82) is 5.26 Å². The number of hydrogen-bond donors (Lipinski definition) is 1. The molecule has 0 bridgehead atoms. The second-order valence-electron chi connectivity index (χ2n) is 4.84. The Morgan fingerprint density at radius 2 is 1.83 bits per heavy atom. The van der Waals surface area contributed by atoms with Gasteiger partial charge in [-0.05, 0) is 30.3 Å². The zero-order valence-electron chi connectivity index (χ0n) is 13.1. The lowest BCUT2D eigenvalue weighted by molar-refractivity contribution is -0.143. The van der Waals surface area contributed by atoms with Gasteiger partial charge in [0.15, 0.2) is 0 Å². The van der Waals surface area contributed by atoms with E-state index in [9.17, 15) is 9.59 Å². The highest BCUT2D eigenvalue weighted by atomic mass is 16.5. The molecule has 0 saturated heterocycles. The maximum atomic E-state index is 11.9. The Morgan fingerprint density at radius 3 is 2.50 bits per heavy atom. The normalized spacial score (nSPS) is 9.67. The fraction of sp³-hybridized carbons (Fsp3) is 0.167. The van der Waals surface area contributed by atoms with Gasteiger partial charge in [-0.15, -0.1) is 0 Å². The first-order valence-electron chi connectivity index (χ1n) is 7.20. The van der Waals surface area contributed by atoms with E-state index in [0.29, 0.717) is 22.4 Å². The van der Waals surface area contributed by atoms with Gasteiger partial charge in [-0.1, -0.05) is 18.2 Å². The average Bonchev–Trinajstić information content (AvgIpc) is 2.64. The zero-order chi connectivity index (χ0) is 17.4. The smallest absolute Gasteiger partial charge is 0.325 e. The summed E-state index contributed by atoms with van der Waals surface area (Å²) >= 11 is 0. The Balaban J connectivity index is 1.82. The summed E-state index contributed by atoms with van der Waals surface area (Å²) in [5.41, 5.74) is 1.49. The van der Waals surface area contributed by atoms with Crippen LogP contribution in [0.5, 0.6) is 5.75 Å². The number of esters is 1. The Bertz CT molecular complexity index is 763. The number of nitrogens with zero attached hydrogens (tertiary/aromatic N) is 1. The van der Waals surface area contributed by atoms with Gasteiger partial charge >= 0.3 is 5.97 Å². The number of methoxy groups -OCH3 is 1. The zero-order valence-corrected chi connectivity index (χ0v) is 13.1. The van der Waals surface area contributed by atoms with Crippen molar-refractivity contribution >= 4 is 11.9 Å². The molecule has 1 N–H and O–H groups in total. The molecule has 0 saturated carbocycles. The molecule has 0 heterocycles. The van der Waals surface area contributed by atoms with E-state index >= 15 is 0 Å². The summed E-state index contributed by atoms with van der Waals surface area (Å²) in [5, 5.41) is 11.4. The molecular formula is C18H16N2O4. The van der Waals surface area contributed by atoms with Crippen molar-refractivity contribution < 1.29 is 19.1 Å². The molecule has 0 aliphatic heterocycles. The van der Waals surface area contributed by atoms with E-state index in [1.54, 1.807) is 48.5 Å². The van der Waals surface area contributed by atoms with Crippen LogP contribution in [0.25, 0.3) is 0 Å². The minimum absolute atomic E-state index is 0.0129. The standard InChI is InChI=1S/C18H16N2O4/c1-23-16-8-6-13(7-9-16)18(22)20-11-17(21)24-12-15-5-3-2-4-14(15)10-19/h2-9H,11-12H2,1H3,(H,20,22). The number of hydrogen-bond acceptors (Lipinski definition) is 5. The second kappa shape index (κ2) is 8.34. The first kappa shape index (κ1) is 17.0. The number of carbonyl (C=O) groups is 2. The van der Waals surface area contributed by atoms with E-state index in [1.165, 1.54) is 7.11 Å². The Hall–Kier alpha value is -3.33. The van der Waals surface area contributed by atoms with Crippen LogP contribution in [-0.2, 0) is 16.1 Å². The first-order chi connectivity index (χ1) is 11.6. The molecule has 6 nitrogen and oxygen atoms in total. The van der Waals surface area contributed by atoms with Crippen LogP contribution in [0.3, 0.4) is 0 Å². The van der Waals surface area contributed by atoms with Gasteiger partial charge in [0, 0.05) is 11.1 Å². The lowest BCUT2D eigenvalue weighted by Gasteiger charge is -2.08. The van der Waals surface area contributed by atoms with E-state index < -0.39 is 5.97 Å². The maximum absolute atomic E-state index is 11.9. The molecule has 122 valence electrons. The number of carbonyl (C=O) groups excluding carboxylic acids is 2. The fourth-order valence-corrected chi connectivity index (χ4v) is 1.96. The molecule has 2 aromatic rings. The van der Waals surface area contributed by atoms with E-state index in [2.05, 4.69) is 5.32 Å². The lowest BCUT2D eigenvalue weighted by Crippen LogP contribution is -2.30. The van der Waals surface area contributed by atoms with Crippen LogP contribution in [0.2, 0.25) is 0 Å². The summed E-state index contributed by atoms with van der Waals surface area (Å²) in [5.74, 6) is -0.321. The third kappa shape index (κ3) is 4.58. The fourth-order valence-electron chi connectivity index (χ4n) is 1.96. The Morgan fingerprint density at radius 1 is 1.12 bits per heavy atom. The monoisotopic (exact) mass is 324 g/mol. The van der Waals surface area contributed by atoms with E-state index in [1.807, 2.05) is 6.07 Å². The number of benzene rings is 2. The third-order valence-corrected chi connectivity index (χ3v) is 3.27. The molecule has 0 aliphatic carbocycles. The van der Waals surface area contributed by atoms with Crippen LogP contribution < -0.4 is 10.1 Å². The largest absolute Gasteiger partial charge is 0.497 e. The van der Waals surface area contributed by atoms with Crippen LogP contribution in [0.4, 0.5) is 0 Å². The topological polar surface area (TPSA) is 88.4 Å². The minimum atomic E-state index is -0.579. The third-order valence-electron chi connectivity index (χ3n) is 3.27. The average molecular weight is 324 g/mol. The van der Waals surface area contributed by atoms with Crippen LogP contribution in [0.1, 0.15) is 21.5 Å². The molecule has 0 fully saturated rings. The quantitative estimate of drug-likeness (QED) is 0.822. The molecule has 0 unspecified atom stereocenters. The van der Waals surface area contributed by atoms with E-state index in [-0.39, 0.29) is 19.1 Å². The molecular weight excluding hydrogens is 308 g/mol. The summed E-state index contributed by atoms with van der Waals surface area (Å²) in [6.45, 7) is -0.263. The molecule has 2 aromatic carbocycles. The van der Waals surface area contributed by atoms with Gasteiger partial charge in [-0.25, -0.2) is 0 Å². The number of nitrogens with one attached hydrogen (secondary N) is 1. The number of ether oxygens (including phenoxy) is 2. The number of amides is 1. The molecule has 6 heteroatoms. The molecule has 0 aromatic heterocycles. The van der Waals surface area contributed by atoms with Crippen molar-refractivity contribution in [2.75, 3.05) is 13.7 Å². The van der Waals surface area contributed by atoms with Crippen molar-refractivity contribution in [1.82, 2.24) is 5.32 Å². The molecule has 1 amide bonds. The maximum Gasteiger partial charge on any atom is 0.325 e. The van der Waals surface area contributed by atoms with Gasteiger partial charge in [0.2, 0.25) is 0 Å². The predicted molar refractivity (Wildman–Crippen MR) is 86.3 cm³/mol. The molecule has 0 spiro atoms. The molecule has 24 heavy (non-hydrogen) atoms. The van der Waals surface area contributed by atoms with Gasteiger partial charge in [-0.2, -0.15) is 5.26 Å². The number of nitriles is 1. The molecule has 0 aliphatic rings. The van der Waals surface area contributed by atoms with Crippen LogP contribution in [0, 0.1) is 11.3 Å². The van der Waals surface area contributed by atoms with Crippen molar-refractivity contribution in [2.45, 2.75) is 6.61 Å². The van der Waals surface area contributed by atoms with E-state index in [0.717, 1.165) is 0 Å². The summed E-state index contributed by atoms with van der Waals surface area (Å²) in [6, 6.07) is 15.4. The van der Waals surface area contributed by atoms with Gasteiger partial charge in [-0.3, -0.25) is 9.59 Å². The Kier molecular flexibility index (Phi) is 5.92. The van der Waals surface area contributed by atoms with Gasteiger partial charge in [0.1, 0.15) is 18.9 Å². The Labute approximate surface area is 139 Å². The van der Waals surface area contributed by atoms with Gasteiger partial charge in [0.25, 0.3) is 5.91 Å². The van der Waals surface area contributed by atoms with E-state index in [4.69, 9.17) is 14.7 Å². The van der Waals surface area contributed by atoms with Crippen LogP contribution in [0.15, 0.2) is 48.5 Å². The van der Waals surface area contributed by atoms with Crippen LogP contribution >= 0.6 is 0 Å². The molecule has 0 radical (unpaired) electrons. The summed E-state index contributed by atoms with van der Waals surface area (Å²) in [7, 11) is 1.54. The highest BCUT2D eigenvalue weighted by Crippen LogP contribution is 2.11. The lowest BCUT2D eigenvalue weighted by atomic mass is 10.1. The van der Waals surface area contributed by atoms with Crippen molar-refractivity contribution in [2.24, 2.45) is 0 Å². The first-order valence-corrected chi connectivity index (χ1v) is 7.20. The SMILES string of the molecule is COc1ccc(C(=O)NCC(=O)OCc2ccccc2C#N)cc1. The van der Waals surface area contributed by atoms with Gasteiger partial charge < -0.3 is 14.8 Å². The number of rotatable bonds is 6. The summed E-state index contributed by atoms with van der Waals surface area (Å²) in [6.07, 6.45) is 0. The molecule has 2 rings (SSSR count). The van der Waals surface area contributed by atoms with Crippen LogP contribution in [-0.4, -0.2) is 25.5 Å². The highest BCUT2D eigenvalue weighted by Gasteiger charge is 2.10. The highest BCUT2D eigenvalue weighted by molar-refractivity contribution is 5.96. The summed E-state index contributed by atoms with van der Waals surface area (Å²) in [4.78, 5) is 23.6. The predicted octanol–water partition coefficient (Wildman–Crippen LogP) is 2.04.